The van der Waals surface area contributed by atoms with Crippen molar-refractivity contribution in [3.63, 3.8) is 0 Å². The molecule has 3 aliphatic rings. The summed E-state index contributed by atoms with van der Waals surface area (Å²) in [5.74, 6) is 0.00758. The molecule has 200 valence electrons. The van der Waals surface area contributed by atoms with Gasteiger partial charge in [0.2, 0.25) is 0 Å². The minimum atomic E-state index is -0.695. The number of benzene rings is 1. The topological polar surface area (TPSA) is 112 Å². The third kappa shape index (κ3) is 4.52. The highest BCUT2D eigenvalue weighted by molar-refractivity contribution is 6.10. The number of rotatable bonds is 5. The second-order valence-corrected chi connectivity index (χ2v) is 11.1. The van der Waals surface area contributed by atoms with Crippen LogP contribution in [0.5, 0.6) is 0 Å². The minimum Gasteiger partial charge on any atom is -0.390 e. The van der Waals surface area contributed by atoms with Crippen molar-refractivity contribution in [2.75, 3.05) is 36.5 Å². The van der Waals surface area contributed by atoms with Crippen LogP contribution in [0.3, 0.4) is 0 Å². The molecule has 10 heteroatoms. The summed E-state index contributed by atoms with van der Waals surface area (Å²) in [5, 5.41) is 17.8. The van der Waals surface area contributed by atoms with Crippen molar-refractivity contribution in [3.05, 3.63) is 53.5 Å². The number of aromatic nitrogens is 3. The molecule has 10 nitrogen and oxygen atoms in total. The predicted molar refractivity (Wildman–Crippen MR) is 142 cm³/mol. The van der Waals surface area contributed by atoms with Crippen LogP contribution in [0.15, 0.2) is 36.8 Å². The number of nitrogens with one attached hydrogen (secondary N) is 1. The van der Waals surface area contributed by atoms with Crippen LogP contribution in [0.25, 0.3) is 5.65 Å². The quantitative estimate of drug-likeness (QED) is 0.534. The van der Waals surface area contributed by atoms with Gasteiger partial charge in [-0.2, -0.15) is 5.10 Å². The summed E-state index contributed by atoms with van der Waals surface area (Å²) in [5.41, 5.74) is 3.30. The first-order valence-electron chi connectivity index (χ1n) is 13.4. The molecule has 2 aliphatic heterocycles. The lowest BCUT2D eigenvalue weighted by atomic mass is 9.77. The summed E-state index contributed by atoms with van der Waals surface area (Å²) in [6.07, 6.45) is 8.49. The van der Waals surface area contributed by atoms with E-state index in [-0.39, 0.29) is 23.8 Å². The highest BCUT2D eigenvalue weighted by Crippen LogP contribution is 2.40. The third-order valence-electron chi connectivity index (χ3n) is 8.31. The number of aliphatic hydroxyl groups is 1. The Morgan fingerprint density at radius 3 is 2.66 bits per heavy atom. The Morgan fingerprint density at radius 2 is 1.92 bits per heavy atom. The third-order valence-corrected chi connectivity index (χ3v) is 8.31. The number of fused-ring (bicyclic) bond motifs is 2. The lowest BCUT2D eigenvalue weighted by Crippen LogP contribution is -2.42. The number of carbonyl (C=O) groups is 2. The summed E-state index contributed by atoms with van der Waals surface area (Å²) in [6, 6.07) is 5.81. The van der Waals surface area contributed by atoms with E-state index >= 15 is 0 Å². The molecule has 1 aromatic carbocycles. The molecule has 2 fully saturated rings. The Bertz CT molecular complexity index is 1370. The number of nitrogens with zero attached hydrogens (tertiary/aromatic N) is 5. The molecule has 38 heavy (non-hydrogen) atoms. The molecule has 0 spiro atoms. The Labute approximate surface area is 221 Å². The van der Waals surface area contributed by atoms with E-state index < -0.39 is 5.60 Å². The van der Waals surface area contributed by atoms with Crippen molar-refractivity contribution in [2.24, 2.45) is 5.92 Å². The van der Waals surface area contributed by atoms with Gasteiger partial charge in [0.25, 0.3) is 11.8 Å². The van der Waals surface area contributed by atoms with Crippen molar-refractivity contribution in [1.82, 2.24) is 19.5 Å². The van der Waals surface area contributed by atoms with Gasteiger partial charge < -0.3 is 25.0 Å². The van der Waals surface area contributed by atoms with E-state index in [2.05, 4.69) is 20.3 Å². The number of carbonyl (C=O) groups excluding carboxylic acids is 2. The molecule has 0 radical (unpaired) electrons. The van der Waals surface area contributed by atoms with E-state index in [1.807, 2.05) is 30.9 Å². The smallest absolute Gasteiger partial charge is 0.261 e. The minimum absolute atomic E-state index is 0.0472. The molecule has 1 saturated carbocycles. The average Bonchev–Trinajstić information content (AvgIpc) is 3.49. The maximum Gasteiger partial charge on any atom is 0.261 e. The van der Waals surface area contributed by atoms with Gasteiger partial charge in [-0.3, -0.25) is 9.59 Å². The summed E-state index contributed by atoms with van der Waals surface area (Å²) in [7, 11) is 0. The zero-order chi connectivity index (χ0) is 26.4. The summed E-state index contributed by atoms with van der Waals surface area (Å²) in [4.78, 5) is 35.4. The lowest BCUT2D eigenvalue weighted by molar-refractivity contribution is -0.0106. The molecular weight excluding hydrogens is 484 g/mol. The van der Waals surface area contributed by atoms with Gasteiger partial charge in [0.05, 0.1) is 36.4 Å². The molecule has 4 heterocycles. The van der Waals surface area contributed by atoms with Gasteiger partial charge in [-0.25, -0.2) is 9.50 Å². The zero-order valence-corrected chi connectivity index (χ0v) is 21.9. The predicted octanol–water partition coefficient (Wildman–Crippen LogP) is 3.10. The molecule has 0 unspecified atom stereocenters. The maximum absolute atomic E-state index is 13.6. The van der Waals surface area contributed by atoms with Gasteiger partial charge >= 0.3 is 0 Å². The van der Waals surface area contributed by atoms with Crippen molar-refractivity contribution >= 4 is 28.8 Å². The number of anilines is 2. The summed E-state index contributed by atoms with van der Waals surface area (Å²) < 4.78 is 7.12. The van der Waals surface area contributed by atoms with Crippen LogP contribution in [0, 0.1) is 5.92 Å². The Balaban J connectivity index is 1.28. The lowest BCUT2D eigenvalue weighted by Gasteiger charge is -2.39. The van der Waals surface area contributed by atoms with E-state index in [0.717, 1.165) is 36.9 Å². The van der Waals surface area contributed by atoms with E-state index in [1.165, 1.54) is 6.20 Å². The Hall–Kier alpha value is -3.50. The van der Waals surface area contributed by atoms with E-state index in [0.29, 0.717) is 55.3 Å². The first-order valence-corrected chi connectivity index (χ1v) is 13.4. The fraction of sp³-hybridized carbons (Fsp3) is 0.500. The fourth-order valence-electron chi connectivity index (χ4n) is 6.10. The van der Waals surface area contributed by atoms with Gasteiger partial charge in [0, 0.05) is 43.6 Å². The van der Waals surface area contributed by atoms with Crippen LogP contribution in [0.4, 0.5) is 11.4 Å². The summed E-state index contributed by atoms with van der Waals surface area (Å²) >= 11 is 0. The van der Waals surface area contributed by atoms with Crippen LogP contribution >= 0.6 is 0 Å². The highest BCUT2D eigenvalue weighted by atomic mass is 16.5. The van der Waals surface area contributed by atoms with Crippen molar-refractivity contribution < 1.29 is 19.4 Å². The van der Waals surface area contributed by atoms with Crippen LogP contribution < -0.4 is 10.2 Å². The van der Waals surface area contributed by atoms with Gasteiger partial charge in [-0.1, -0.05) is 0 Å². The zero-order valence-electron chi connectivity index (χ0n) is 21.9. The average molecular weight is 519 g/mol. The molecule has 0 bridgehead atoms. The molecule has 2 amide bonds. The molecule has 0 atom stereocenters. The van der Waals surface area contributed by atoms with Gasteiger partial charge in [0.1, 0.15) is 5.56 Å². The first kappa shape index (κ1) is 24.8. The van der Waals surface area contributed by atoms with Crippen molar-refractivity contribution in [1.29, 1.82) is 0 Å². The highest BCUT2D eigenvalue weighted by Gasteiger charge is 2.38. The molecule has 1 aliphatic carbocycles. The first-order chi connectivity index (χ1) is 18.3. The van der Waals surface area contributed by atoms with Gasteiger partial charge in [-0.15, -0.1) is 0 Å². The van der Waals surface area contributed by atoms with Crippen LogP contribution in [-0.2, 0) is 11.3 Å². The van der Waals surface area contributed by atoms with Crippen LogP contribution in [-0.4, -0.2) is 74.4 Å². The second-order valence-electron chi connectivity index (χ2n) is 11.1. The molecule has 1 saturated heterocycles. The Kier molecular flexibility index (Phi) is 6.31. The number of ether oxygens (including phenoxy) is 1. The normalized spacial score (nSPS) is 22.1. The largest absolute Gasteiger partial charge is 0.390 e. The van der Waals surface area contributed by atoms with Crippen molar-refractivity contribution in [2.45, 2.75) is 57.7 Å². The monoisotopic (exact) mass is 518 g/mol. The Morgan fingerprint density at radius 1 is 1.16 bits per heavy atom. The fourth-order valence-corrected chi connectivity index (χ4v) is 6.10. The molecule has 2 N–H and O–H groups in total. The van der Waals surface area contributed by atoms with E-state index in [9.17, 15) is 14.7 Å². The van der Waals surface area contributed by atoms with Gasteiger partial charge in [0.15, 0.2) is 5.65 Å². The number of morpholine rings is 1. The van der Waals surface area contributed by atoms with Crippen LogP contribution in [0.1, 0.15) is 65.8 Å². The van der Waals surface area contributed by atoms with E-state index in [1.54, 1.807) is 23.0 Å². The van der Waals surface area contributed by atoms with Gasteiger partial charge in [-0.05, 0) is 69.2 Å². The molecule has 6 rings (SSSR count). The van der Waals surface area contributed by atoms with E-state index in [4.69, 9.17) is 4.74 Å². The molecule has 2 aromatic heterocycles. The maximum atomic E-state index is 13.6. The SMILES string of the molecule is CC(C)(O)C1CCC(N2Cc3cc(NC(=O)c4cnn5cccnc45)c(N4CCOCC4)cc3C2=O)CC1. The second kappa shape index (κ2) is 9.67. The standard InChI is InChI=1S/C28H34N6O4/c1-28(2,37)19-4-6-20(7-5-19)33-17-18-14-23(24(15-21(18)27(33)36)32-10-12-38-13-11-32)31-26(35)22-16-30-34-9-3-8-29-25(22)34/h3,8-9,14-16,19-20,37H,4-7,10-13,17H2,1-2H3,(H,31,35). The van der Waals surface area contributed by atoms with Crippen molar-refractivity contribution in [3.8, 4) is 0 Å². The number of amides is 2. The number of hydrogen-bond acceptors (Lipinski definition) is 7. The number of hydrogen-bond donors (Lipinski definition) is 2. The summed E-state index contributed by atoms with van der Waals surface area (Å²) in [6.45, 7) is 6.82. The molecular formula is C28H34N6O4. The molecule has 3 aromatic rings. The van der Waals surface area contributed by atoms with Crippen LogP contribution in [0.2, 0.25) is 0 Å².